The molecule has 0 aliphatic carbocycles. The number of nitrogens with zero attached hydrogens (tertiary/aromatic N) is 1. The number of hydrogen-bond donors (Lipinski definition) is 1. The summed E-state index contributed by atoms with van der Waals surface area (Å²) in [6.45, 7) is 0. The van der Waals surface area contributed by atoms with E-state index in [-0.39, 0.29) is 12.4 Å². The van der Waals surface area contributed by atoms with Gasteiger partial charge in [-0.3, -0.25) is 4.98 Å². The number of rotatable bonds is 1. The molecule has 20 heavy (non-hydrogen) atoms. The van der Waals surface area contributed by atoms with Gasteiger partial charge in [0.05, 0.1) is 18.1 Å². The minimum atomic E-state index is 0. The van der Waals surface area contributed by atoms with Crippen LogP contribution in [0.1, 0.15) is 0 Å². The van der Waals surface area contributed by atoms with Crippen LogP contribution in [-0.4, -0.2) is 17.1 Å². The molecule has 0 spiro atoms. The van der Waals surface area contributed by atoms with Gasteiger partial charge in [-0.15, -0.1) is 12.4 Å². The molecule has 0 fully saturated rings. The van der Waals surface area contributed by atoms with E-state index in [1.807, 2.05) is 24.4 Å². The highest BCUT2D eigenvalue weighted by molar-refractivity contribution is 6.15. The van der Waals surface area contributed by atoms with Crippen molar-refractivity contribution >= 4 is 45.1 Å². The molecule has 2 aromatic heterocycles. The average Bonchev–Trinajstić information content (AvgIpc) is 2.85. The van der Waals surface area contributed by atoms with Crippen molar-refractivity contribution in [1.82, 2.24) is 9.97 Å². The van der Waals surface area contributed by atoms with E-state index in [1.54, 1.807) is 7.11 Å². The van der Waals surface area contributed by atoms with Crippen LogP contribution in [-0.2, 0) is 0 Å². The van der Waals surface area contributed by atoms with E-state index < -0.39 is 0 Å². The lowest BCUT2D eigenvalue weighted by atomic mass is 10.1. The molecule has 2 heterocycles. The summed E-state index contributed by atoms with van der Waals surface area (Å²) < 4.78 is 5.30. The molecule has 3 nitrogen and oxygen atoms in total. The Morgan fingerprint density at radius 3 is 2.80 bits per heavy atom. The Morgan fingerprint density at radius 1 is 1.05 bits per heavy atom. The van der Waals surface area contributed by atoms with Crippen LogP contribution in [0.5, 0.6) is 5.75 Å². The van der Waals surface area contributed by atoms with Gasteiger partial charge in [0.1, 0.15) is 5.75 Å². The van der Waals surface area contributed by atoms with Gasteiger partial charge in [0.25, 0.3) is 0 Å². The zero-order valence-corrected chi connectivity index (χ0v) is 11.7. The molecular weight excluding hydrogens is 272 g/mol. The number of hydrogen-bond acceptors (Lipinski definition) is 2. The van der Waals surface area contributed by atoms with E-state index in [1.165, 1.54) is 10.8 Å². The topological polar surface area (TPSA) is 37.9 Å². The Bertz CT molecular complexity index is 914. The summed E-state index contributed by atoms with van der Waals surface area (Å²) in [5.74, 6) is 0.870. The molecule has 0 saturated heterocycles. The van der Waals surface area contributed by atoms with Crippen LogP contribution >= 0.6 is 12.4 Å². The van der Waals surface area contributed by atoms with Gasteiger partial charge in [0.15, 0.2) is 0 Å². The van der Waals surface area contributed by atoms with Crippen LogP contribution in [0.15, 0.2) is 48.7 Å². The van der Waals surface area contributed by atoms with Crippen LogP contribution in [0, 0.1) is 0 Å². The first kappa shape index (κ1) is 12.8. The first-order valence-electron chi connectivity index (χ1n) is 6.20. The molecule has 4 rings (SSSR count). The Labute approximate surface area is 122 Å². The van der Waals surface area contributed by atoms with E-state index in [9.17, 15) is 0 Å². The average molecular weight is 285 g/mol. The number of fused-ring (bicyclic) bond motifs is 5. The monoisotopic (exact) mass is 284 g/mol. The van der Waals surface area contributed by atoms with Gasteiger partial charge in [-0.1, -0.05) is 18.2 Å². The Morgan fingerprint density at radius 2 is 1.95 bits per heavy atom. The highest BCUT2D eigenvalue weighted by atomic mass is 35.5. The fraction of sp³-hybridized carbons (Fsp3) is 0.0625. The van der Waals surface area contributed by atoms with E-state index in [0.717, 1.165) is 27.7 Å². The molecule has 0 radical (unpaired) electrons. The third kappa shape index (κ3) is 1.71. The third-order valence-corrected chi connectivity index (χ3v) is 3.55. The number of pyridine rings is 1. The van der Waals surface area contributed by atoms with Gasteiger partial charge >= 0.3 is 0 Å². The third-order valence-electron chi connectivity index (χ3n) is 3.55. The number of aromatic nitrogens is 2. The van der Waals surface area contributed by atoms with Crippen molar-refractivity contribution < 1.29 is 4.74 Å². The van der Waals surface area contributed by atoms with Crippen molar-refractivity contribution in [3.63, 3.8) is 0 Å². The molecule has 0 unspecified atom stereocenters. The van der Waals surface area contributed by atoms with Crippen molar-refractivity contribution in [2.75, 3.05) is 7.11 Å². The number of nitrogens with one attached hydrogen (secondary N) is 1. The lowest BCUT2D eigenvalue weighted by Crippen LogP contribution is -1.80. The van der Waals surface area contributed by atoms with Crippen LogP contribution in [0.25, 0.3) is 32.7 Å². The van der Waals surface area contributed by atoms with Gasteiger partial charge in [0, 0.05) is 27.9 Å². The van der Waals surface area contributed by atoms with Crippen molar-refractivity contribution in [2.24, 2.45) is 0 Å². The number of methoxy groups -OCH3 is 1. The summed E-state index contributed by atoms with van der Waals surface area (Å²) >= 11 is 0. The fourth-order valence-electron chi connectivity index (χ4n) is 2.61. The Hall–Kier alpha value is -2.26. The number of halogens is 1. The predicted octanol–water partition coefficient (Wildman–Crippen LogP) is 4.30. The normalized spacial score (nSPS) is 10.8. The maximum absolute atomic E-state index is 5.30. The van der Waals surface area contributed by atoms with Crippen molar-refractivity contribution in [2.45, 2.75) is 0 Å². The molecular formula is C16H13ClN2O. The van der Waals surface area contributed by atoms with Crippen LogP contribution in [0.4, 0.5) is 0 Å². The highest BCUT2D eigenvalue weighted by Crippen LogP contribution is 2.32. The second-order valence-electron chi connectivity index (χ2n) is 4.60. The van der Waals surface area contributed by atoms with Gasteiger partial charge in [-0.2, -0.15) is 0 Å². The zero-order chi connectivity index (χ0) is 12.8. The van der Waals surface area contributed by atoms with Crippen molar-refractivity contribution in [3.05, 3.63) is 48.7 Å². The van der Waals surface area contributed by atoms with Gasteiger partial charge in [0.2, 0.25) is 0 Å². The summed E-state index contributed by atoms with van der Waals surface area (Å²) in [6.07, 6.45) is 1.83. The zero-order valence-electron chi connectivity index (χ0n) is 10.9. The Kier molecular flexibility index (Phi) is 2.99. The minimum absolute atomic E-state index is 0. The molecule has 0 amide bonds. The molecule has 1 N–H and O–H groups in total. The second kappa shape index (κ2) is 4.69. The maximum Gasteiger partial charge on any atom is 0.119 e. The summed E-state index contributed by atoms with van der Waals surface area (Å²) in [5.41, 5.74) is 3.20. The lowest BCUT2D eigenvalue weighted by molar-refractivity contribution is 0.415. The molecule has 0 saturated carbocycles. The molecule has 4 aromatic rings. The molecule has 100 valence electrons. The summed E-state index contributed by atoms with van der Waals surface area (Å²) in [7, 11) is 1.69. The minimum Gasteiger partial charge on any atom is -0.497 e. The molecule has 0 atom stereocenters. The molecule has 0 aliphatic rings. The summed E-state index contributed by atoms with van der Waals surface area (Å²) in [4.78, 5) is 7.94. The SMILES string of the molecule is COc1ccc2[nH]c3c(ccc4cccnc43)c2c1.Cl. The van der Waals surface area contributed by atoms with Gasteiger partial charge in [-0.05, 0) is 24.3 Å². The summed E-state index contributed by atoms with van der Waals surface area (Å²) in [5, 5.41) is 3.50. The molecule has 2 aromatic carbocycles. The smallest absolute Gasteiger partial charge is 0.119 e. The van der Waals surface area contributed by atoms with Gasteiger partial charge in [-0.25, -0.2) is 0 Å². The van der Waals surface area contributed by atoms with Crippen LogP contribution in [0.3, 0.4) is 0 Å². The maximum atomic E-state index is 5.30. The molecule has 0 aliphatic heterocycles. The van der Waals surface area contributed by atoms with Crippen LogP contribution < -0.4 is 4.74 Å². The Balaban J connectivity index is 0.00000121. The quantitative estimate of drug-likeness (QED) is 0.566. The predicted molar refractivity (Wildman–Crippen MR) is 84.9 cm³/mol. The second-order valence-corrected chi connectivity index (χ2v) is 4.60. The van der Waals surface area contributed by atoms with Crippen molar-refractivity contribution in [1.29, 1.82) is 0 Å². The lowest BCUT2D eigenvalue weighted by Gasteiger charge is -1.99. The fourth-order valence-corrected chi connectivity index (χ4v) is 2.61. The standard InChI is InChI=1S/C16H12N2O.ClH/c1-19-11-5-7-14-13(9-11)12-6-4-10-3-2-8-17-15(10)16(12)18-14;/h2-9,18H,1H3;1H. The van der Waals surface area contributed by atoms with E-state index in [4.69, 9.17) is 4.74 Å². The number of ether oxygens (including phenoxy) is 1. The van der Waals surface area contributed by atoms with E-state index in [0.29, 0.717) is 0 Å². The van der Waals surface area contributed by atoms with E-state index in [2.05, 4.69) is 34.2 Å². The number of aromatic amines is 1. The van der Waals surface area contributed by atoms with Crippen LogP contribution in [0.2, 0.25) is 0 Å². The molecule has 0 bridgehead atoms. The van der Waals surface area contributed by atoms with E-state index >= 15 is 0 Å². The van der Waals surface area contributed by atoms with Crippen molar-refractivity contribution in [3.8, 4) is 5.75 Å². The highest BCUT2D eigenvalue weighted by Gasteiger charge is 2.08. The first-order valence-corrected chi connectivity index (χ1v) is 6.20. The largest absolute Gasteiger partial charge is 0.497 e. The first-order chi connectivity index (χ1) is 9.36. The van der Waals surface area contributed by atoms with Gasteiger partial charge < -0.3 is 9.72 Å². The number of benzene rings is 2. The molecule has 4 heteroatoms. The summed E-state index contributed by atoms with van der Waals surface area (Å²) in [6, 6.07) is 14.3. The number of H-pyrrole nitrogens is 1.